The van der Waals surface area contributed by atoms with Gasteiger partial charge in [-0.3, -0.25) is 18.9 Å². The lowest BCUT2D eigenvalue weighted by Gasteiger charge is -2.18. The van der Waals surface area contributed by atoms with Crippen LogP contribution in [-0.4, -0.2) is 33.3 Å². The molecule has 0 aliphatic rings. The molecule has 3 aromatic rings. The van der Waals surface area contributed by atoms with Crippen molar-refractivity contribution in [2.75, 3.05) is 13.1 Å². The van der Waals surface area contributed by atoms with Crippen LogP contribution in [0.5, 0.6) is 0 Å². The first kappa shape index (κ1) is 18.3. The molecular formula is C19H22N4O2S. The van der Waals surface area contributed by atoms with E-state index in [-0.39, 0.29) is 11.1 Å². The molecule has 0 atom stereocenters. The number of rotatable bonds is 7. The fourth-order valence-electron chi connectivity index (χ4n) is 2.73. The first-order valence-electron chi connectivity index (χ1n) is 8.65. The SMILES string of the molecule is CCN(CC)Cc1ccc(CNC(=O)c2cnc3sccn3c2=O)cc1. The van der Waals surface area contributed by atoms with Crippen LogP contribution < -0.4 is 10.9 Å². The highest BCUT2D eigenvalue weighted by Gasteiger charge is 2.13. The molecule has 0 fully saturated rings. The topological polar surface area (TPSA) is 66.7 Å². The van der Waals surface area contributed by atoms with Crippen LogP contribution in [-0.2, 0) is 13.1 Å². The standard InChI is InChI=1S/C19H22N4O2S/c1-3-22(4-2)13-15-7-5-14(6-8-15)11-20-17(24)16-12-21-19-23(18(16)25)9-10-26-19/h5-10,12H,3-4,11,13H2,1-2H3,(H,20,24). The molecule has 2 aromatic heterocycles. The number of carbonyl (C=O) groups is 1. The van der Waals surface area contributed by atoms with Crippen molar-refractivity contribution in [2.45, 2.75) is 26.9 Å². The average Bonchev–Trinajstić information content (AvgIpc) is 3.15. The Kier molecular flexibility index (Phi) is 5.80. The Labute approximate surface area is 156 Å². The summed E-state index contributed by atoms with van der Waals surface area (Å²) in [6.45, 7) is 7.63. The van der Waals surface area contributed by atoms with Crippen LogP contribution in [0.1, 0.15) is 35.3 Å². The summed E-state index contributed by atoms with van der Waals surface area (Å²) in [7, 11) is 0. The molecule has 0 aliphatic heterocycles. The van der Waals surface area contributed by atoms with Crippen LogP contribution in [0.3, 0.4) is 0 Å². The zero-order valence-electron chi connectivity index (χ0n) is 14.9. The summed E-state index contributed by atoms with van der Waals surface area (Å²) in [5.41, 5.74) is 1.95. The summed E-state index contributed by atoms with van der Waals surface area (Å²) in [4.78, 5) is 31.7. The summed E-state index contributed by atoms with van der Waals surface area (Å²) in [6.07, 6.45) is 2.97. The molecule has 6 nitrogen and oxygen atoms in total. The van der Waals surface area contributed by atoms with Gasteiger partial charge >= 0.3 is 0 Å². The number of amides is 1. The van der Waals surface area contributed by atoms with E-state index < -0.39 is 5.91 Å². The van der Waals surface area contributed by atoms with Gasteiger partial charge in [-0.15, -0.1) is 11.3 Å². The summed E-state index contributed by atoms with van der Waals surface area (Å²) >= 11 is 1.36. The summed E-state index contributed by atoms with van der Waals surface area (Å²) < 4.78 is 1.39. The summed E-state index contributed by atoms with van der Waals surface area (Å²) in [5, 5.41) is 4.57. The van der Waals surface area contributed by atoms with Crippen molar-refractivity contribution in [3.05, 3.63) is 69.1 Å². The normalized spacial score (nSPS) is 11.2. The van der Waals surface area contributed by atoms with Gasteiger partial charge in [0.15, 0.2) is 4.96 Å². The van der Waals surface area contributed by atoms with Gasteiger partial charge in [0.1, 0.15) is 5.56 Å². The van der Waals surface area contributed by atoms with Crippen LogP contribution in [0.2, 0.25) is 0 Å². The van der Waals surface area contributed by atoms with Gasteiger partial charge in [-0.05, 0) is 24.2 Å². The first-order chi connectivity index (χ1) is 12.6. The van der Waals surface area contributed by atoms with Crippen molar-refractivity contribution in [3.8, 4) is 0 Å². The van der Waals surface area contributed by atoms with Crippen molar-refractivity contribution in [1.29, 1.82) is 0 Å². The third-order valence-electron chi connectivity index (χ3n) is 4.36. The van der Waals surface area contributed by atoms with E-state index in [9.17, 15) is 9.59 Å². The van der Waals surface area contributed by atoms with Gasteiger partial charge < -0.3 is 5.32 Å². The van der Waals surface area contributed by atoms with Crippen molar-refractivity contribution in [3.63, 3.8) is 0 Å². The van der Waals surface area contributed by atoms with E-state index in [1.807, 2.05) is 12.1 Å². The Morgan fingerprint density at radius 2 is 1.88 bits per heavy atom. The van der Waals surface area contributed by atoms with E-state index in [2.05, 4.69) is 41.2 Å². The average molecular weight is 370 g/mol. The molecule has 0 saturated heterocycles. The summed E-state index contributed by atoms with van der Waals surface area (Å²) in [5.74, 6) is -0.407. The van der Waals surface area contributed by atoms with Gasteiger partial charge in [0.25, 0.3) is 11.5 Å². The van der Waals surface area contributed by atoms with E-state index in [1.165, 1.54) is 27.5 Å². The van der Waals surface area contributed by atoms with E-state index >= 15 is 0 Å². The Morgan fingerprint density at radius 1 is 1.19 bits per heavy atom. The van der Waals surface area contributed by atoms with Gasteiger partial charge in [0.2, 0.25) is 0 Å². The maximum Gasteiger partial charge on any atom is 0.271 e. The monoisotopic (exact) mass is 370 g/mol. The molecule has 0 bridgehead atoms. The highest BCUT2D eigenvalue weighted by Crippen LogP contribution is 2.08. The van der Waals surface area contributed by atoms with Gasteiger partial charge in [-0.2, -0.15) is 0 Å². The number of hydrogen-bond donors (Lipinski definition) is 1. The summed E-state index contributed by atoms with van der Waals surface area (Å²) in [6, 6.07) is 8.17. The van der Waals surface area contributed by atoms with E-state index in [0.29, 0.717) is 11.5 Å². The maximum absolute atomic E-state index is 12.3. The zero-order chi connectivity index (χ0) is 18.5. The first-order valence-corrected chi connectivity index (χ1v) is 9.53. The molecule has 2 heterocycles. The number of carbonyl (C=O) groups excluding carboxylic acids is 1. The lowest BCUT2D eigenvalue weighted by atomic mass is 10.1. The Balaban J connectivity index is 1.63. The van der Waals surface area contributed by atoms with Crippen LogP contribution in [0.4, 0.5) is 0 Å². The molecule has 1 amide bonds. The van der Waals surface area contributed by atoms with Crippen molar-refractivity contribution in [2.24, 2.45) is 0 Å². The second kappa shape index (κ2) is 8.25. The Hall–Kier alpha value is -2.51. The number of nitrogens with one attached hydrogen (secondary N) is 1. The predicted molar refractivity (Wildman–Crippen MR) is 104 cm³/mol. The largest absolute Gasteiger partial charge is 0.348 e. The van der Waals surface area contributed by atoms with E-state index in [4.69, 9.17) is 0 Å². The Morgan fingerprint density at radius 3 is 2.58 bits per heavy atom. The molecular weight excluding hydrogens is 348 g/mol. The zero-order valence-corrected chi connectivity index (χ0v) is 15.8. The van der Waals surface area contributed by atoms with Gasteiger partial charge in [0, 0.05) is 30.9 Å². The highest BCUT2D eigenvalue weighted by molar-refractivity contribution is 7.15. The fraction of sp³-hybridized carbons (Fsp3) is 0.316. The molecule has 0 aliphatic carbocycles. The van der Waals surface area contributed by atoms with Gasteiger partial charge in [-0.25, -0.2) is 4.98 Å². The molecule has 136 valence electrons. The minimum Gasteiger partial charge on any atom is -0.348 e. The maximum atomic E-state index is 12.3. The third-order valence-corrected chi connectivity index (χ3v) is 5.13. The molecule has 0 spiro atoms. The minimum atomic E-state index is -0.407. The number of benzene rings is 1. The molecule has 0 saturated carbocycles. The number of hydrogen-bond acceptors (Lipinski definition) is 5. The minimum absolute atomic E-state index is 0.0547. The number of thiazole rings is 1. The molecule has 7 heteroatoms. The molecule has 1 aromatic carbocycles. The third kappa shape index (κ3) is 4.00. The molecule has 0 unspecified atom stereocenters. The number of fused-ring (bicyclic) bond motifs is 1. The molecule has 0 radical (unpaired) electrons. The van der Waals surface area contributed by atoms with E-state index in [0.717, 1.165) is 25.2 Å². The quantitative estimate of drug-likeness (QED) is 0.694. The molecule has 26 heavy (non-hydrogen) atoms. The fourth-order valence-corrected chi connectivity index (χ4v) is 3.40. The number of aromatic nitrogens is 2. The Bertz CT molecular complexity index is 942. The second-order valence-electron chi connectivity index (χ2n) is 5.99. The van der Waals surface area contributed by atoms with Crippen LogP contribution in [0.15, 0.2) is 46.8 Å². The van der Waals surface area contributed by atoms with Crippen LogP contribution >= 0.6 is 11.3 Å². The molecule has 3 rings (SSSR count). The number of nitrogens with zero attached hydrogens (tertiary/aromatic N) is 3. The second-order valence-corrected chi connectivity index (χ2v) is 6.87. The van der Waals surface area contributed by atoms with Crippen LogP contribution in [0, 0.1) is 0 Å². The van der Waals surface area contributed by atoms with Crippen molar-refractivity contribution >= 4 is 22.2 Å². The highest BCUT2D eigenvalue weighted by atomic mass is 32.1. The van der Waals surface area contributed by atoms with Crippen molar-refractivity contribution < 1.29 is 4.79 Å². The predicted octanol–water partition coefficient (Wildman–Crippen LogP) is 2.53. The lowest BCUT2D eigenvalue weighted by Crippen LogP contribution is -2.30. The lowest BCUT2D eigenvalue weighted by molar-refractivity contribution is 0.0949. The van der Waals surface area contributed by atoms with Crippen LogP contribution in [0.25, 0.3) is 4.96 Å². The smallest absolute Gasteiger partial charge is 0.271 e. The van der Waals surface area contributed by atoms with E-state index in [1.54, 1.807) is 11.6 Å². The van der Waals surface area contributed by atoms with Gasteiger partial charge in [-0.1, -0.05) is 38.1 Å². The van der Waals surface area contributed by atoms with Gasteiger partial charge in [0.05, 0.1) is 0 Å². The van der Waals surface area contributed by atoms with Crippen molar-refractivity contribution in [1.82, 2.24) is 19.6 Å². The molecule has 1 N–H and O–H groups in total.